The number of aliphatic imine (C=N–C) groups is 1. The van der Waals surface area contributed by atoms with Crippen LogP contribution in [0, 0.1) is 17.8 Å². The summed E-state index contributed by atoms with van der Waals surface area (Å²) in [7, 11) is 1.61. The Kier molecular flexibility index (Phi) is 25.1. The number of nitrogens with one attached hydrogen (secondary N) is 7. The van der Waals surface area contributed by atoms with Gasteiger partial charge >= 0.3 is 11.9 Å². The summed E-state index contributed by atoms with van der Waals surface area (Å²) in [5, 5.41) is 37.6. The number of methoxy groups -OCH3 is 1. The Hall–Kier alpha value is -7.10. The predicted octanol–water partition coefficient (Wildman–Crippen LogP) is 0.420. The number of aliphatic carboxylic acids is 2. The zero-order valence-electron chi connectivity index (χ0n) is 41.2. The topological polar surface area (TPSA) is 352 Å². The third-order valence-corrected chi connectivity index (χ3v) is 11.3. The first kappa shape index (κ1) is 59.0. The first-order chi connectivity index (χ1) is 32.9. The molecule has 0 aromatic heterocycles. The summed E-state index contributed by atoms with van der Waals surface area (Å²) in [4.78, 5) is 124. The second-order valence-electron chi connectivity index (χ2n) is 17.7. The van der Waals surface area contributed by atoms with Gasteiger partial charge in [0.25, 0.3) is 5.91 Å². The van der Waals surface area contributed by atoms with Crippen LogP contribution in [-0.2, 0) is 54.3 Å². The molecule has 0 saturated carbocycles. The van der Waals surface area contributed by atoms with E-state index in [1.54, 1.807) is 34.0 Å². The molecule has 0 aliphatic carbocycles. The maximum Gasteiger partial charge on any atom is 0.326 e. The van der Waals surface area contributed by atoms with Crippen LogP contribution < -0.4 is 48.7 Å². The predicted molar refractivity (Wildman–Crippen MR) is 260 cm³/mol. The Morgan fingerprint density at radius 2 is 1.46 bits per heavy atom. The highest BCUT2D eigenvalue weighted by molar-refractivity contribution is 6.00. The molecular formula is C48H72N10O12. The molecule has 1 fully saturated rings. The molecule has 1 saturated heterocycles. The van der Waals surface area contributed by atoms with Crippen molar-refractivity contribution in [2.24, 2.45) is 34.2 Å². The minimum Gasteiger partial charge on any atom is -0.480 e. The lowest BCUT2D eigenvalue weighted by atomic mass is 9.94. The average molecular weight is 981 g/mol. The molecule has 1 aliphatic rings. The second-order valence-corrected chi connectivity index (χ2v) is 17.7. The number of nitrogens with two attached hydrogens (primary N) is 2. The normalized spacial score (nSPS) is 24.9. The number of carbonyl (C=O) groups excluding carboxylic acids is 7. The molecule has 7 amide bonds. The molecule has 0 unspecified atom stereocenters. The van der Waals surface area contributed by atoms with Crippen LogP contribution in [0.25, 0.3) is 0 Å². The number of rotatable bonds is 15. The Bertz CT molecular complexity index is 2120. The molecule has 2 rings (SSSR count). The number of hydrogen-bond acceptors (Lipinski definition) is 11. The zero-order valence-corrected chi connectivity index (χ0v) is 41.2. The number of carbonyl (C=O) groups is 9. The van der Waals surface area contributed by atoms with Gasteiger partial charge in [0.1, 0.15) is 35.9 Å². The van der Waals surface area contributed by atoms with E-state index in [0.717, 1.165) is 5.56 Å². The van der Waals surface area contributed by atoms with Gasteiger partial charge in [-0.15, -0.1) is 0 Å². The monoisotopic (exact) mass is 981 g/mol. The Morgan fingerprint density at radius 3 is 2.04 bits per heavy atom. The molecular weight excluding hydrogens is 909 g/mol. The SMILES string of the molecule is CC=C1NC(=O)CC[C@H](C(=O)O)NC(=O)[C@@H](C)[C@H](C=CC(C)=C[C@H](C)[C@H](Cc2ccccc2)OC)NC(=O)[C@H](CCCN=C(N)N)NC(=O)C[C@H](C(=O)O)NC(=O)[C@H](CC(C)C)NC(=O)[C@@H](C)NC1=O. The standard InChI is InChI=1S/C48H72N10O12/c1-9-32-43(63)52-30(7)42(62)57-36(22-26(2)3)45(65)58-37(47(68)69)25-40(60)54-34(16-13-21-51-48(49)50)44(64)55-33(29(6)41(61)56-35(46(66)67)19-20-39(59)53-32)18-17-27(4)23-28(5)38(70-8)24-31-14-11-10-12-15-31/h9-12,14-15,17-18,23,26,28-30,33-38H,13,16,19-22,24-25H2,1-8H3,(H,52,63)(H,53,59)(H,54,60)(H,55,64)(H,56,61)(H,57,62)(H,58,65)(H,66,67)(H,68,69)(H4,49,50,51)/t28-,29-,30+,33-,34-,35+,36-,37+,38-/m0/s1. The highest BCUT2D eigenvalue weighted by atomic mass is 16.5. The summed E-state index contributed by atoms with van der Waals surface area (Å²) < 4.78 is 5.81. The van der Waals surface area contributed by atoms with Crippen LogP contribution in [0.4, 0.5) is 0 Å². The van der Waals surface area contributed by atoms with E-state index in [-0.39, 0.29) is 55.4 Å². The number of allylic oxidation sites excluding steroid dienone is 3. The van der Waals surface area contributed by atoms with Crippen molar-refractivity contribution >= 4 is 59.2 Å². The number of hydrogen-bond donors (Lipinski definition) is 11. The van der Waals surface area contributed by atoms with Crippen LogP contribution in [0.5, 0.6) is 0 Å². The fraction of sp³-hybridized carbons (Fsp3) is 0.542. The molecule has 0 spiro atoms. The van der Waals surface area contributed by atoms with Gasteiger partial charge < -0.3 is 63.6 Å². The largest absolute Gasteiger partial charge is 0.480 e. The number of guanidine groups is 1. The van der Waals surface area contributed by atoms with Crippen LogP contribution in [0.2, 0.25) is 0 Å². The highest BCUT2D eigenvalue weighted by Crippen LogP contribution is 2.18. The van der Waals surface area contributed by atoms with Crippen molar-refractivity contribution < 1.29 is 58.1 Å². The number of carboxylic acids is 2. The first-order valence-electron chi connectivity index (χ1n) is 23.2. The number of ether oxygens (including phenoxy) is 1. The van der Waals surface area contributed by atoms with Crippen LogP contribution in [0.15, 0.2) is 70.9 Å². The van der Waals surface area contributed by atoms with Gasteiger partial charge in [-0.3, -0.25) is 38.6 Å². The van der Waals surface area contributed by atoms with E-state index in [9.17, 15) is 53.4 Å². The molecule has 1 aromatic rings. The average Bonchev–Trinajstić information content (AvgIpc) is 3.29. The van der Waals surface area contributed by atoms with Crippen LogP contribution in [0.3, 0.4) is 0 Å². The fourth-order valence-electron chi connectivity index (χ4n) is 7.26. The molecule has 22 heteroatoms. The Morgan fingerprint density at radius 1 is 0.829 bits per heavy atom. The van der Waals surface area contributed by atoms with Crippen LogP contribution >= 0.6 is 0 Å². The lowest BCUT2D eigenvalue weighted by molar-refractivity contribution is -0.144. The van der Waals surface area contributed by atoms with E-state index in [1.165, 1.54) is 32.9 Å². The van der Waals surface area contributed by atoms with Gasteiger partial charge in [-0.1, -0.05) is 87.9 Å². The van der Waals surface area contributed by atoms with E-state index in [1.807, 2.05) is 43.3 Å². The van der Waals surface area contributed by atoms with E-state index in [0.29, 0.717) is 12.0 Å². The van der Waals surface area contributed by atoms with Crippen molar-refractivity contribution in [3.05, 3.63) is 71.5 Å². The lowest BCUT2D eigenvalue weighted by Crippen LogP contribution is -2.57. The number of nitrogens with zero attached hydrogens (tertiary/aromatic N) is 1. The van der Waals surface area contributed by atoms with Gasteiger partial charge in [0, 0.05) is 26.0 Å². The van der Waals surface area contributed by atoms with Gasteiger partial charge in [-0.25, -0.2) is 9.59 Å². The van der Waals surface area contributed by atoms with Crippen molar-refractivity contribution in [1.82, 2.24) is 37.2 Å². The molecule has 1 aliphatic heterocycles. The van der Waals surface area contributed by atoms with E-state index in [2.05, 4.69) is 42.2 Å². The van der Waals surface area contributed by atoms with Gasteiger partial charge in [0.05, 0.1) is 24.5 Å². The third-order valence-electron chi connectivity index (χ3n) is 11.3. The Balaban J connectivity index is 2.68. The second kappa shape index (κ2) is 29.7. The number of carboxylic acid groups (broad SMARTS) is 2. The number of amides is 7. The minimum atomic E-state index is -1.85. The van der Waals surface area contributed by atoms with E-state index >= 15 is 0 Å². The maximum atomic E-state index is 14.3. The first-order valence-corrected chi connectivity index (χ1v) is 23.2. The summed E-state index contributed by atoms with van der Waals surface area (Å²) in [6.45, 7) is 11.5. The highest BCUT2D eigenvalue weighted by Gasteiger charge is 2.34. The van der Waals surface area contributed by atoms with Crippen molar-refractivity contribution in [3.63, 3.8) is 0 Å². The van der Waals surface area contributed by atoms with Crippen molar-refractivity contribution in [1.29, 1.82) is 0 Å². The summed E-state index contributed by atoms with van der Waals surface area (Å²) in [5.41, 5.74) is 12.5. The molecule has 9 atom stereocenters. The van der Waals surface area contributed by atoms with Gasteiger partial charge in [-0.2, -0.15) is 0 Å². The molecule has 386 valence electrons. The number of benzene rings is 1. The van der Waals surface area contributed by atoms with Gasteiger partial charge in [0.2, 0.25) is 35.4 Å². The maximum absolute atomic E-state index is 14.3. The quantitative estimate of drug-likeness (QED) is 0.0373. The van der Waals surface area contributed by atoms with Gasteiger partial charge in [-0.05, 0) is 64.4 Å². The molecule has 0 radical (unpaired) electrons. The molecule has 1 aromatic carbocycles. The third kappa shape index (κ3) is 21.0. The fourth-order valence-corrected chi connectivity index (χ4v) is 7.26. The summed E-state index contributed by atoms with van der Waals surface area (Å²) in [5.74, 6) is -11.0. The van der Waals surface area contributed by atoms with E-state index in [4.69, 9.17) is 16.2 Å². The minimum absolute atomic E-state index is 0.0179. The van der Waals surface area contributed by atoms with Crippen LogP contribution in [0.1, 0.15) is 92.6 Å². The Labute approximate surface area is 408 Å². The summed E-state index contributed by atoms with van der Waals surface area (Å²) in [6, 6.07) is 1.12. The van der Waals surface area contributed by atoms with Crippen molar-refractivity contribution in [2.75, 3.05) is 13.7 Å². The summed E-state index contributed by atoms with van der Waals surface area (Å²) in [6.07, 6.45) is 5.07. The molecule has 13 N–H and O–H groups in total. The van der Waals surface area contributed by atoms with Crippen molar-refractivity contribution in [2.45, 2.75) is 136 Å². The molecule has 0 bridgehead atoms. The van der Waals surface area contributed by atoms with E-state index < -0.39 is 115 Å². The summed E-state index contributed by atoms with van der Waals surface area (Å²) >= 11 is 0. The lowest BCUT2D eigenvalue weighted by Gasteiger charge is -2.27. The van der Waals surface area contributed by atoms with Gasteiger partial charge in [0.15, 0.2) is 5.96 Å². The molecule has 1 heterocycles. The van der Waals surface area contributed by atoms with Crippen LogP contribution in [-0.4, -0.2) is 125 Å². The molecule has 70 heavy (non-hydrogen) atoms. The van der Waals surface area contributed by atoms with Crippen molar-refractivity contribution in [3.8, 4) is 0 Å². The zero-order chi connectivity index (χ0) is 52.7. The smallest absolute Gasteiger partial charge is 0.326 e. The molecule has 22 nitrogen and oxygen atoms in total.